The van der Waals surface area contributed by atoms with Crippen LogP contribution in [0.15, 0.2) is 66.9 Å². The second-order valence-corrected chi connectivity index (χ2v) is 8.78. The van der Waals surface area contributed by atoms with Gasteiger partial charge in [-0.1, -0.05) is 0 Å². The first-order valence-corrected chi connectivity index (χ1v) is 10.8. The lowest BCUT2D eigenvalue weighted by molar-refractivity contribution is 0.0991. The van der Waals surface area contributed by atoms with Crippen LogP contribution in [0.1, 0.15) is 10.6 Å². The largest absolute Gasteiger partial charge is 0.438 e. The minimum absolute atomic E-state index is 0.173. The summed E-state index contributed by atoms with van der Waals surface area (Å²) in [5.41, 5.74) is 1.72. The molecule has 0 atom stereocenters. The molecular weight excluding hydrogens is 481 g/mol. The van der Waals surface area contributed by atoms with Gasteiger partial charge in [0.1, 0.15) is 11.3 Å². The third kappa shape index (κ3) is 3.86. The van der Waals surface area contributed by atoms with Crippen LogP contribution in [0.3, 0.4) is 0 Å². The maximum Gasteiger partial charge on any atom is 0.291 e. The molecule has 0 aliphatic carbocycles. The fourth-order valence-electron chi connectivity index (χ4n) is 2.66. The van der Waals surface area contributed by atoms with Gasteiger partial charge < -0.3 is 14.2 Å². The van der Waals surface area contributed by atoms with Crippen LogP contribution in [0.4, 0.5) is 10.1 Å². The van der Waals surface area contributed by atoms with Crippen molar-refractivity contribution in [1.82, 2.24) is 9.71 Å². The van der Waals surface area contributed by atoms with Crippen molar-refractivity contribution in [3.63, 3.8) is 0 Å². The molecule has 1 amide bonds. The van der Waals surface area contributed by atoms with E-state index < -0.39 is 21.7 Å². The van der Waals surface area contributed by atoms with Gasteiger partial charge in [-0.3, -0.25) is 4.79 Å². The predicted octanol–water partition coefficient (Wildman–Crippen LogP) is 4.15. The topological polar surface area (TPSA) is 114 Å². The number of carbonyl (C=O) groups excluding carboxylic acids is 1. The lowest BCUT2D eigenvalue weighted by Crippen LogP contribution is -2.18. The maximum absolute atomic E-state index is 13.6. The van der Waals surface area contributed by atoms with E-state index in [1.807, 2.05) is 0 Å². The molecule has 0 aliphatic rings. The van der Waals surface area contributed by atoms with Crippen molar-refractivity contribution >= 4 is 48.6 Å². The molecule has 30 heavy (non-hydrogen) atoms. The monoisotopic (exact) mass is 493 g/mol. The van der Waals surface area contributed by atoms with E-state index in [1.54, 1.807) is 24.3 Å². The highest BCUT2D eigenvalue weighted by molar-refractivity contribution is 9.10. The number of anilines is 1. The summed E-state index contributed by atoms with van der Waals surface area (Å²) in [6.45, 7) is 0. The van der Waals surface area contributed by atoms with Crippen LogP contribution >= 0.6 is 15.9 Å². The molecule has 8 nitrogen and oxygen atoms in total. The zero-order valence-electron chi connectivity index (χ0n) is 15.3. The highest BCUT2D eigenvalue weighted by Crippen LogP contribution is 2.31. The van der Waals surface area contributed by atoms with E-state index in [0.29, 0.717) is 26.8 Å². The molecule has 4 aromatic rings. The number of rotatable bonds is 5. The third-order valence-electron chi connectivity index (χ3n) is 4.14. The molecule has 2 heterocycles. The zero-order chi connectivity index (χ0) is 21.5. The van der Waals surface area contributed by atoms with Gasteiger partial charge in [-0.2, -0.15) is 0 Å². The van der Waals surface area contributed by atoms with Crippen LogP contribution in [-0.4, -0.2) is 26.4 Å². The summed E-state index contributed by atoms with van der Waals surface area (Å²) >= 11 is 3.34. The normalized spacial score (nSPS) is 11.7. The van der Waals surface area contributed by atoms with Crippen molar-refractivity contribution < 1.29 is 26.4 Å². The van der Waals surface area contributed by atoms with Gasteiger partial charge in [0.05, 0.1) is 5.56 Å². The van der Waals surface area contributed by atoms with Crippen molar-refractivity contribution in [3.8, 4) is 11.5 Å². The molecule has 4 rings (SSSR count). The van der Waals surface area contributed by atoms with Crippen molar-refractivity contribution in [1.29, 1.82) is 0 Å². The molecule has 0 radical (unpaired) electrons. The second-order valence-electron chi connectivity index (χ2n) is 6.11. The van der Waals surface area contributed by atoms with Crippen molar-refractivity contribution in [2.45, 2.75) is 5.09 Å². The van der Waals surface area contributed by atoms with Gasteiger partial charge in [0.25, 0.3) is 15.9 Å². The Bertz CT molecular complexity index is 1380. The first-order chi connectivity index (χ1) is 14.3. The fraction of sp³-hybridized carbons (Fsp3) is 0.0526. The second kappa shape index (κ2) is 7.67. The lowest BCUT2D eigenvalue weighted by Gasteiger charge is -2.02. The van der Waals surface area contributed by atoms with Crippen LogP contribution in [0.2, 0.25) is 0 Å². The Labute approximate surface area is 178 Å². The minimum atomic E-state index is -3.79. The van der Waals surface area contributed by atoms with Crippen LogP contribution < -0.4 is 10.0 Å². The minimum Gasteiger partial charge on any atom is -0.438 e. The molecule has 0 aliphatic heterocycles. The molecule has 2 aromatic carbocycles. The smallest absolute Gasteiger partial charge is 0.291 e. The first-order valence-electron chi connectivity index (χ1n) is 8.47. The summed E-state index contributed by atoms with van der Waals surface area (Å²) in [6.07, 6.45) is 0. The number of fused-ring (bicyclic) bond motifs is 1. The molecule has 0 bridgehead atoms. The lowest BCUT2D eigenvalue weighted by atomic mass is 10.2. The average molecular weight is 494 g/mol. The summed E-state index contributed by atoms with van der Waals surface area (Å²) in [4.78, 5) is 16.7. The number of carbonyl (C=O) groups is 1. The quantitative estimate of drug-likeness (QED) is 0.431. The molecular formula is C19H13BrFN3O5S. The summed E-state index contributed by atoms with van der Waals surface area (Å²) < 4.78 is 50.5. The van der Waals surface area contributed by atoms with E-state index in [4.69, 9.17) is 8.83 Å². The summed E-state index contributed by atoms with van der Waals surface area (Å²) in [5.74, 6) is -1.02. The standard InChI is InChI=1S/C19H13BrFN3O5S/c1-22-30(26,27)17-7-6-16(28-17)18(25)23-11-3-5-15-14(9-11)24-19(29-15)12-8-10(21)2-4-13(12)20/h2-9,22H,1H3,(H,23,25). The third-order valence-corrected chi connectivity index (χ3v) is 6.12. The Morgan fingerprint density at radius 1 is 1.10 bits per heavy atom. The molecule has 0 fully saturated rings. The number of furan rings is 1. The summed E-state index contributed by atoms with van der Waals surface area (Å²) in [5, 5.41) is 2.24. The molecule has 0 unspecified atom stereocenters. The summed E-state index contributed by atoms with van der Waals surface area (Å²) in [7, 11) is -2.55. The van der Waals surface area contributed by atoms with E-state index in [-0.39, 0.29) is 16.7 Å². The number of halogens is 2. The van der Waals surface area contributed by atoms with Crippen LogP contribution in [-0.2, 0) is 10.0 Å². The number of oxazole rings is 1. The molecule has 11 heteroatoms. The van der Waals surface area contributed by atoms with Crippen molar-refractivity contribution in [3.05, 3.63) is 64.6 Å². The SMILES string of the molecule is CNS(=O)(=O)c1ccc(C(=O)Nc2ccc3oc(-c4cc(F)ccc4Br)nc3c2)o1. The van der Waals surface area contributed by atoms with Crippen molar-refractivity contribution in [2.24, 2.45) is 0 Å². The highest BCUT2D eigenvalue weighted by atomic mass is 79.9. The zero-order valence-corrected chi connectivity index (χ0v) is 17.7. The number of benzene rings is 2. The Hall–Kier alpha value is -3.02. The Morgan fingerprint density at radius 2 is 1.90 bits per heavy atom. The van der Waals surface area contributed by atoms with Gasteiger partial charge in [0.2, 0.25) is 11.0 Å². The van der Waals surface area contributed by atoms with Crippen LogP contribution in [0.25, 0.3) is 22.6 Å². The number of aromatic nitrogens is 1. The number of nitrogens with zero attached hydrogens (tertiary/aromatic N) is 1. The van der Waals surface area contributed by atoms with Crippen molar-refractivity contribution in [2.75, 3.05) is 12.4 Å². The number of hydrogen-bond donors (Lipinski definition) is 2. The van der Waals surface area contributed by atoms with E-state index in [0.717, 1.165) is 0 Å². The van der Waals surface area contributed by atoms with Gasteiger partial charge in [0, 0.05) is 10.2 Å². The van der Waals surface area contributed by atoms with Crippen LogP contribution in [0, 0.1) is 5.82 Å². The van der Waals surface area contributed by atoms with E-state index >= 15 is 0 Å². The van der Waals surface area contributed by atoms with Gasteiger partial charge in [0.15, 0.2) is 11.3 Å². The Kier molecular flexibility index (Phi) is 5.18. The van der Waals surface area contributed by atoms with E-state index in [2.05, 4.69) is 31.0 Å². The fourth-order valence-corrected chi connectivity index (χ4v) is 3.73. The first kappa shape index (κ1) is 20.3. The molecule has 0 saturated carbocycles. The number of nitrogens with one attached hydrogen (secondary N) is 2. The number of amides is 1. The Morgan fingerprint density at radius 3 is 2.67 bits per heavy atom. The molecule has 0 spiro atoms. The van der Waals surface area contributed by atoms with E-state index in [9.17, 15) is 17.6 Å². The van der Waals surface area contributed by atoms with Gasteiger partial charge in [-0.15, -0.1) is 0 Å². The van der Waals surface area contributed by atoms with Gasteiger partial charge >= 0.3 is 0 Å². The molecule has 0 saturated heterocycles. The Balaban J connectivity index is 1.60. The highest BCUT2D eigenvalue weighted by Gasteiger charge is 2.20. The van der Waals surface area contributed by atoms with Gasteiger partial charge in [-0.25, -0.2) is 22.5 Å². The van der Waals surface area contributed by atoms with Gasteiger partial charge in [-0.05, 0) is 71.5 Å². The number of sulfonamides is 1. The molecule has 154 valence electrons. The molecule has 2 aromatic heterocycles. The number of hydrogen-bond acceptors (Lipinski definition) is 6. The molecule has 2 N–H and O–H groups in total. The predicted molar refractivity (Wildman–Crippen MR) is 110 cm³/mol. The van der Waals surface area contributed by atoms with Crippen LogP contribution in [0.5, 0.6) is 0 Å². The maximum atomic E-state index is 13.6. The van der Waals surface area contributed by atoms with E-state index in [1.165, 1.54) is 31.3 Å². The summed E-state index contributed by atoms with van der Waals surface area (Å²) in [6, 6.07) is 11.4. The average Bonchev–Trinajstić information content (AvgIpc) is 3.37.